The number of para-hydroxylation sites is 1. The van der Waals surface area contributed by atoms with Crippen LogP contribution in [0.25, 0.3) is 10.9 Å². The molecule has 3 aromatic carbocycles. The van der Waals surface area contributed by atoms with Gasteiger partial charge < -0.3 is 9.88 Å². The lowest BCUT2D eigenvalue weighted by Crippen LogP contribution is -2.48. The van der Waals surface area contributed by atoms with E-state index in [1.807, 2.05) is 75.5 Å². The van der Waals surface area contributed by atoms with Gasteiger partial charge in [-0.15, -0.1) is 0 Å². The average Bonchev–Trinajstić information content (AvgIpc) is 3.21. The molecule has 0 radical (unpaired) electrons. The van der Waals surface area contributed by atoms with Crippen molar-refractivity contribution < 1.29 is 9.59 Å². The van der Waals surface area contributed by atoms with Gasteiger partial charge in [0, 0.05) is 44.8 Å². The molecule has 0 aliphatic heterocycles. The maximum Gasteiger partial charge on any atom is 0.262 e. The van der Waals surface area contributed by atoms with E-state index in [0.717, 1.165) is 27.6 Å². The van der Waals surface area contributed by atoms with Crippen molar-refractivity contribution in [1.82, 2.24) is 15.3 Å². The zero-order valence-corrected chi connectivity index (χ0v) is 22.3. The highest BCUT2D eigenvalue weighted by Gasteiger charge is 2.24. The first kappa shape index (κ1) is 26.5. The van der Waals surface area contributed by atoms with Gasteiger partial charge in [0.1, 0.15) is 6.04 Å². The number of fused-ring (bicyclic) bond motifs is 1. The lowest BCUT2D eigenvalue weighted by atomic mass is 10.0. The number of benzene rings is 3. The summed E-state index contributed by atoms with van der Waals surface area (Å²) in [5.74, 6) is -0.815. The summed E-state index contributed by atoms with van der Waals surface area (Å²) in [6.45, 7) is 6.22. The van der Waals surface area contributed by atoms with Gasteiger partial charge in [-0.1, -0.05) is 79.0 Å². The zero-order chi connectivity index (χ0) is 26.5. The summed E-state index contributed by atoms with van der Waals surface area (Å²) in [7, 11) is 0. The number of halogens is 2. The van der Waals surface area contributed by atoms with Gasteiger partial charge >= 0.3 is 0 Å². The smallest absolute Gasteiger partial charge is 0.262 e. The van der Waals surface area contributed by atoms with Gasteiger partial charge in [0.15, 0.2) is 0 Å². The van der Waals surface area contributed by atoms with Crippen LogP contribution in [0.1, 0.15) is 40.9 Å². The van der Waals surface area contributed by atoms with Gasteiger partial charge in [0.2, 0.25) is 0 Å². The molecule has 0 bridgehead atoms. The van der Waals surface area contributed by atoms with Crippen molar-refractivity contribution in [3.63, 3.8) is 0 Å². The Morgan fingerprint density at radius 3 is 2.54 bits per heavy atom. The number of hydrogen-bond acceptors (Lipinski definition) is 3. The van der Waals surface area contributed by atoms with Crippen molar-refractivity contribution in [2.24, 2.45) is 11.0 Å². The van der Waals surface area contributed by atoms with Crippen LogP contribution in [-0.4, -0.2) is 28.6 Å². The number of carbonyl (C=O) groups excluding carboxylic acids is 2. The minimum Gasteiger partial charge on any atom is -0.342 e. The van der Waals surface area contributed by atoms with Crippen molar-refractivity contribution in [3.8, 4) is 0 Å². The molecule has 37 heavy (non-hydrogen) atoms. The molecule has 0 aliphatic carbocycles. The fraction of sp³-hybridized carbons (Fsp3) is 0.207. The number of hydrogen-bond donors (Lipinski definition) is 2. The molecule has 4 rings (SSSR count). The predicted octanol–water partition coefficient (Wildman–Crippen LogP) is 6.21. The summed E-state index contributed by atoms with van der Waals surface area (Å²) in [6, 6.07) is 19.9. The van der Waals surface area contributed by atoms with E-state index in [2.05, 4.69) is 20.4 Å². The number of aromatic nitrogens is 1. The van der Waals surface area contributed by atoms with Crippen LogP contribution in [0.5, 0.6) is 0 Å². The van der Waals surface area contributed by atoms with Gasteiger partial charge in [-0.3, -0.25) is 9.59 Å². The molecule has 190 valence electrons. The van der Waals surface area contributed by atoms with Crippen molar-refractivity contribution in [2.45, 2.75) is 33.4 Å². The number of carbonyl (C=O) groups is 2. The molecule has 1 atom stereocenters. The zero-order valence-electron chi connectivity index (χ0n) is 20.8. The summed E-state index contributed by atoms with van der Waals surface area (Å²) in [4.78, 5) is 25.6. The molecule has 1 heterocycles. The average molecular weight is 535 g/mol. The second-order valence-electron chi connectivity index (χ2n) is 9.26. The highest BCUT2D eigenvalue weighted by atomic mass is 35.5. The third-order valence-electron chi connectivity index (χ3n) is 6.07. The van der Waals surface area contributed by atoms with Crippen LogP contribution in [0.3, 0.4) is 0 Å². The van der Waals surface area contributed by atoms with E-state index in [-0.39, 0.29) is 17.7 Å². The Morgan fingerprint density at radius 2 is 1.81 bits per heavy atom. The van der Waals surface area contributed by atoms with Crippen molar-refractivity contribution in [2.75, 3.05) is 0 Å². The van der Waals surface area contributed by atoms with Crippen LogP contribution >= 0.6 is 23.2 Å². The van der Waals surface area contributed by atoms with Crippen LogP contribution in [0.2, 0.25) is 10.0 Å². The molecule has 2 amide bonds. The number of rotatable bonds is 8. The van der Waals surface area contributed by atoms with Gasteiger partial charge in [-0.2, -0.15) is 5.10 Å². The Kier molecular flexibility index (Phi) is 8.31. The second kappa shape index (κ2) is 11.6. The molecule has 0 unspecified atom stereocenters. The molecular weight excluding hydrogens is 507 g/mol. The lowest BCUT2D eigenvalue weighted by molar-refractivity contribution is -0.123. The van der Waals surface area contributed by atoms with E-state index >= 15 is 0 Å². The summed E-state index contributed by atoms with van der Waals surface area (Å²) in [6.07, 6.45) is 3.57. The normalized spacial score (nSPS) is 12.3. The number of aryl methyl sites for hydroxylation is 1. The second-order valence-corrected chi connectivity index (χ2v) is 10.1. The van der Waals surface area contributed by atoms with Gasteiger partial charge in [-0.05, 0) is 48.7 Å². The SMILES string of the molecule is Cc1cccc(C(=O)N[C@H](C(=O)N/N=C/c2cn(Cc3ccc(Cl)cc3Cl)c3ccccc23)C(C)C)c1. The van der Waals surface area contributed by atoms with Gasteiger partial charge in [-0.25, -0.2) is 5.43 Å². The van der Waals surface area contributed by atoms with Crippen LogP contribution in [0.15, 0.2) is 78.0 Å². The lowest BCUT2D eigenvalue weighted by Gasteiger charge is -2.20. The molecule has 0 spiro atoms. The number of nitrogens with zero attached hydrogens (tertiary/aromatic N) is 2. The topological polar surface area (TPSA) is 75.5 Å². The standard InChI is InChI=1S/C29H28Cl2N4O2/c1-18(2)27(33-28(36)20-8-6-7-19(3)13-20)29(37)34-32-15-22-17-35(26-10-5-4-9-24(22)26)16-21-11-12-23(30)14-25(21)31/h4-15,17-18,27H,16H2,1-3H3,(H,33,36)(H,34,37)/b32-15+/t27-/m0/s1. The first-order valence-corrected chi connectivity index (χ1v) is 12.7. The largest absolute Gasteiger partial charge is 0.342 e. The Bertz CT molecular complexity index is 1480. The molecule has 0 aliphatic rings. The van der Waals surface area contributed by atoms with Crippen molar-refractivity contribution >= 4 is 52.1 Å². The first-order chi connectivity index (χ1) is 17.7. The highest BCUT2D eigenvalue weighted by Crippen LogP contribution is 2.25. The Morgan fingerprint density at radius 1 is 1.03 bits per heavy atom. The van der Waals surface area contributed by atoms with E-state index in [0.29, 0.717) is 22.2 Å². The Labute approximate surface area is 226 Å². The van der Waals surface area contributed by atoms with Gasteiger partial charge in [0.25, 0.3) is 11.8 Å². The highest BCUT2D eigenvalue weighted by molar-refractivity contribution is 6.35. The number of hydrazone groups is 1. The van der Waals surface area contributed by atoms with Gasteiger partial charge in [0.05, 0.1) is 6.21 Å². The predicted molar refractivity (Wildman–Crippen MR) is 151 cm³/mol. The van der Waals surface area contributed by atoms with Crippen LogP contribution in [0.4, 0.5) is 0 Å². The Hall–Kier alpha value is -3.61. The van der Waals surface area contributed by atoms with E-state index in [1.54, 1.807) is 24.4 Å². The Balaban J connectivity index is 1.50. The summed E-state index contributed by atoms with van der Waals surface area (Å²) >= 11 is 12.4. The molecule has 0 saturated heterocycles. The summed E-state index contributed by atoms with van der Waals surface area (Å²) in [5, 5.41) is 9.20. The summed E-state index contributed by atoms with van der Waals surface area (Å²) in [5.41, 5.74) is 6.86. The maximum absolute atomic E-state index is 12.9. The van der Waals surface area contributed by atoms with E-state index in [1.165, 1.54) is 0 Å². The third-order valence-corrected chi connectivity index (χ3v) is 6.66. The van der Waals surface area contributed by atoms with Crippen LogP contribution in [0, 0.1) is 12.8 Å². The fourth-order valence-corrected chi connectivity index (χ4v) is 4.59. The van der Waals surface area contributed by atoms with Crippen molar-refractivity contribution in [1.29, 1.82) is 0 Å². The first-order valence-electron chi connectivity index (χ1n) is 11.9. The molecule has 8 heteroatoms. The summed E-state index contributed by atoms with van der Waals surface area (Å²) < 4.78 is 2.08. The molecule has 6 nitrogen and oxygen atoms in total. The maximum atomic E-state index is 12.9. The monoisotopic (exact) mass is 534 g/mol. The van der Waals surface area contributed by atoms with E-state index in [4.69, 9.17) is 23.2 Å². The molecule has 2 N–H and O–H groups in total. The van der Waals surface area contributed by atoms with Crippen LogP contribution in [-0.2, 0) is 11.3 Å². The quantitative estimate of drug-likeness (QED) is 0.208. The van der Waals surface area contributed by atoms with Crippen LogP contribution < -0.4 is 10.7 Å². The van der Waals surface area contributed by atoms with E-state index in [9.17, 15) is 9.59 Å². The van der Waals surface area contributed by atoms with Crippen molar-refractivity contribution in [3.05, 3.63) is 105 Å². The third kappa shape index (κ3) is 6.40. The molecule has 0 fully saturated rings. The minimum absolute atomic E-state index is 0.130. The molecule has 1 aromatic heterocycles. The minimum atomic E-state index is -0.737. The molecule has 0 saturated carbocycles. The fourth-order valence-electron chi connectivity index (χ4n) is 4.12. The molecule has 4 aromatic rings. The molecular formula is C29H28Cl2N4O2. The number of nitrogens with one attached hydrogen (secondary N) is 2. The number of amides is 2. The van der Waals surface area contributed by atoms with E-state index < -0.39 is 6.04 Å².